The molecule has 21 heavy (non-hydrogen) atoms. The second kappa shape index (κ2) is 7.09. The number of nitrogens with one attached hydrogen (secondary N) is 4. The molecule has 0 saturated carbocycles. The summed E-state index contributed by atoms with van der Waals surface area (Å²) >= 11 is 1.63. The van der Waals surface area contributed by atoms with E-state index in [9.17, 15) is 14.4 Å². The van der Waals surface area contributed by atoms with Crippen molar-refractivity contribution in [3.8, 4) is 0 Å². The van der Waals surface area contributed by atoms with Crippen LogP contribution in [0.1, 0.15) is 18.4 Å². The summed E-state index contributed by atoms with van der Waals surface area (Å²) < 4.78 is 0. The van der Waals surface area contributed by atoms with E-state index in [1.165, 1.54) is 16.1 Å². The van der Waals surface area contributed by atoms with E-state index in [0.717, 1.165) is 0 Å². The number of hydrazine groups is 1. The SMILES string of the molecule is Cc1cccc2c1SNN2.O=CNC1CCC(=O)NC1=O. The molecule has 0 bridgehead atoms. The fraction of sp³-hybridized carbons (Fsp3) is 0.308. The van der Waals surface area contributed by atoms with Crippen molar-refractivity contribution in [2.45, 2.75) is 30.7 Å². The average molecular weight is 308 g/mol. The number of amides is 3. The van der Waals surface area contributed by atoms with Crippen molar-refractivity contribution >= 4 is 35.9 Å². The molecule has 7 nitrogen and oxygen atoms in total. The molecule has 4 N–H and O–H groups in total. The zero-order chi connectivity index (χ0) is 15.2. The van der Waals surface area contributed by atoms with Gasteiger partial charge < -0.3 is 10.7 Å². The third-order valence-electron chi connectivity index (χ3n) is 3.06. The van der Waals surface area contributed by atoms with Gasteiger partial charge in [-0.3, -0.25) is 19.7 Å². The van der Waals surface area contributed by atoms with Crippen molar-refractivity contribution < 1.29 is 14.4 Å². The number of benzene rings is 1. The summed E-state index contributed by atoms with van der Waals surface area (Å²) in [6, 6.07) is 5.69. The molecule has 2 aliphatic rings. The number of rotatable bonds is 2. The monoisotopic (exact) mass is 308 g/mol. The van der Waals surface area contributed by atoms with E-state index in [-0.39, 0.29) is 12.3 Å². The van der Waals surface area contributed by atoms with Crippen LogP contribution >= 0.6 is 11.9 Å². The molecule has 8 heteroatoms. The first-order valence-corrected chi connectivity index (χ1v) is 7.24. The van der Waals surface area contributed by atoms with Gasteiger partial charge in [0.15, 0.2) is 0 Å². The molecule has 1 aromatic carbocycles. The highest BCUT2D eigenvalue weighted by atomic mass is 32.2. The summed E-state index contributed by atoms with van der Waals surface area (Å²) in [5, 5.41) is 4.42. The molecule has 3 rings (SSSR count). The number of piperidine rings is 1. The highest BCUT2D eigenvalue weighted by Crippen LogP contribution is 2.32. The molecule has 1 fully saturated rings. The first kappa shape index (κ1) is 15.3. The number of aryl methyl sites for hydroxylation is 1. The standard InChI is InChI=1S/C7H8N2S.C6H8N2O3/c1-5-3-2-4-6-7(5)10-9-8-6;9-3-7-4-1-2-5(10)8-6(4)11/h2-4,8-9H,1H3;3-4H,1-2H2,(H,7,9)(H,8,10,11). The largest absolute Gasteiger partial charge is 0.347 e. The van der Waals surface area contributed by atoms with Gasteiger partial charge in [0, 0.05) is 6.42 Å². The molecular formula is C13H16N4O3S. The molecule has 1 unspecified atom stereocenters. The molecule has 2 aliphatic heterocycles. The zero-order valence-electron chi connectivity index (χ0n) is 11.4. The van der Waals surface area contributed by atoms with Crippen LogP contribution in [0.3, 0.4) is 0 Å². The van der Waals surface area contributed by atoms with Crippen molar-refractivity contribution in [2.75, 3.05) is 5.43 Å². The fourth-order valence-electron chi connectivity index (χ4n) is 1.95. The van der Waals surface area contributed by atoms with Crippen molar-refractivity contribution in [1.82, 2.24) is 15.5 Å². The summed E-state index contributed by atoms with van der Waals surface area (Å²) in [4.78, 5) is 35.6. The van der Waals surface area contributed by atoms with Crippen LogP contribution in [-0.2, 0) is 14.4 Å². The van der Waals surface area contributed by atoms with E-state index in [1.807, 2.05) is 0 Å². The lowest BCUT2D eigenvalue weighted by molar-refractivity contribution is -0.135. The molecule has 2 heterocycles. The number of imide groups is 1. The van der Waals surface area contributed by atoms with Gasteiger partial charge in [0.05, 0.1) is 10.6 Å². The van der Waals surface area contributed by atoms with Gasteiger partial charge in [-0.2, -0.15) is 4.83 Å². The Hall–Kier alpha value is -2.06. The van der Waals surface area contributed by atoms with Gasteiger partial charge >= 0.3 is 0 Å². The molecule has 1 atom stereocenters. The van der Waals surface area contributed by atoms with Crippen LogP contribution in [0.5, 0.6) is 0 Å². The van der Waals surface area contributed by atoms with Crippen LogP contribution in [0, 0.1) is 6.92 Å². The van der Waals surface area contributed by atoms with Gasteiger partial charge in [0.25, 0.3) is 0 Å². The third kappa shape index (κ3) is 3.96. The Balaban J connectivity index is 0.000000154. The smallest absolute Gasteiger partial charge is 0.249 e. The summed E-state index contributed by atoms with van der Waals surface area (Å²) in [6.07, 6.45) is 1.14. The van der Waals surface area contributed by atoms with E-state index >= 15 is 0 Å². The number of anilines is 1. The molecule has 0 spiro atoms. The predicted molar refractivity (Wildman–Crippen MR) is 79.2 cm³/mol. The maximum atomic E-state index is 10.8. The number of carbonyl (C=O) groups is 3. The Labute approximate surface area is 126 Å². The van der Waals surface area contributed by atoms with Crippen LogP contribution in [0.2, 0.25) is 0 Å². The highest BCUT2D eigenvalue weighted by molar-refractivity contribution is 7.98. The fourth-order valence-corrected chi connectivity index (χ4v) is 2.67. The maximum Gasteiger partial charge on any atom is 0.249 e. The van der Waals surface area contributed by atoms with Gasteiger partial charge in [-0.15, -0.1) is 0 Å². The minimum absolute atomic E-state index is 0.279. The van der Waals surface area contributed by atoms with Crippen LogP contribution in [0.4, 0.5) is 5.69 Å². The minimum Gasteiger partial charge on any atom is -0.347 e. The van der Waals surface area contributed by atoms with Crippen molar-refractivity contribution in [1.29, 1.82) is 0 Å². The molecule has 3 amide bonds. The predicted octanol–water partition coefficient (Wildman–Crippen LogP) is 0.470. The highest BCUT2D eigenvalue weighted by Gasteiger charge is 2.25. The quantitative estimate of drug-likeness (QED) is 0.360. The van der Waals surface area contributed by atoms with Crippen LogP contribution in [0.25, 0.3) is 0 Å². The average Bonchev–Trinajstić information content (AvgIpc) is 2.93. The molecule has 1 aromatic rings. The van der Waals surface area contributed by atoms with E-state index in [2.05, 4.69) is 46.0 Å². The Morgan fingerprint density at radius 3 is 2.86 bits per heavy atom. The zero-order valence-corrected chi connectivity index (χ0v) is 12.3. The van der Waals surface area contributed by atoms with Crippen LogP contribution < -0.4 is 20.9 Å². The number of carbonyl (C=O) groups excluding carboxylic acids is 3. The Morgan fingerprint density at radius 2 is 2.19 bits per heavy atom. The van der Waals surface area contributed by atoms with Gasteiger partial charge in [0.2, 0.25) is 18.2 Å². The summed E-state index contributed by atoms with van der Waals surface area (Å²) in [7, 11) is 0. The van der Waals surface area contributed by atoms with Gasteiger partial charge in [-0.25, -0.2) is 0 Å². The molecule has 0 radical (unpaired) electrons. The van der Waals surface area contributed by atoms with Crippen molar-refractivity contribution in [3.05, 3.63) is 23.8 Å². The molecule has 1 saturated heterocycles. The van der Waals surface area contributed by atoms with E-state index in [1.54, 1.807) is 11.9 Å². The van der Waals surface area contributed by atoms with E-state index in [4.69, 9.17) is 0 Å². The Kier molecular flexibility index (Phi) is 5.18. The third-order valence-corrected chi connectivity index (χ3v) is 4.01. The molecule has 0 aromatic heterocycles. The first-order chi connectivity index (χ1) is 10.1. The summed E-state index contributed by atoms with van der Waals surface area (Å²) in [5.74, 6) is -0.702. The first-order valence-electron chi connectivity index (χ1n) is 6.42. The van der Waals surface area contributed by atoms with Crippen molar-refractivity contribution in [2.24, 2.45) is 0 Å². The number of hydrogen-bond donors (Lipinski definition) is 4. The minimum atomic E-state index is -0.537. The van der Waals surface area contributed by atoms with Gasteiger partial charge in [0.1, 0.15) is 6.04 Å². The Bertz CT molecular complexity index is 564. The topological polar surface area (TPSA) is 99.3 Å². The molecule has 0 aliphatic carbocycles. The normalized spacial score (nSPS) is 19.6. The Morgan fingerprint density at radius 1 is 1.38 bits per heavy atom. The number of fused-ring (bicyclic) bond motifs is 1. The molecular weight excluding hydrogens is 292 g/mol. The van der Waals surface area contributed by atoms with E-state index < -0.39 is 11.9 Å². The number of hydrogen-bond acceptors (Lipinski definition) is 6. The lowest BCUT2D eigenvalue weighted by Gasteiger charge is -2.19. The second-order valence-electron chi connectivity index (χ2n) is 4.57. The summed E-state index contributed by atoms with van der Waals surface area (Å²) in [5.41, 5.74) is 5.56. The second-order valence-corrected chi connectivity index (χ2v) is 5.39. The van der Waals surface area contributed by atoms with Crippen molar-refractivity contribution in [3.63, 3.8) is 0 Å². The summed E-state index contributed by atoms with van der Waals surface area (Å²) in [6.45, 7) is 2.11. The molecule has 112 valence electrons. The van der Waals surface area contributed by atoms with E-state index in [0.29, 0.717) is 12.8 Å². The lowest BCUT2D eigenvalue weighted by atomic mass is 10.1. The van der Waals surface area contributed by atoms with Gasteiger partial charge in [-0.05, 0) is 36.9 Å². The van der Waals surface area contributed by atoms with Crippen LogP contribution in [-0.4, -0.2) is 24.3 Å². The maximum absolute atomic E-state index is 10.8. The van der Waals surface area contributed by atoms with Gasteiger partial charge in [-0.1, -0.05) is 12.1 Å². The van der Waals surface area contributed by atoms with Crippen LogP contribution in [0.15, 0.2) is 23.1 Å². The lowest BCUT2D eigenvalue weighted by Crippen LogP contribution is -2.50.